The summed E-state index contributed by atoms with van der Waals surface area (Å²) in [6.07, 6.45) is 8.31. The van der Waals surface area contributed by atoms with Gasteiger partial charge in [-0.15, -0.1) is 0 Å². The Labute approximate surface area is 333 Å². The maximum Gasteiger partial charge on any atom is 0.632 e. The molecule has 2 heterocycles. The second kappa shape index (κ2) is 13.7. The molecule has 8 heteroatoms. The first-order chi connectivity index (χ1) is 26.8. The molecule has 4 aromatic carbocycles. The highest BCUT2D eigenvalue weighted by Gasteiger charge is 2.66. The molecule has 2 aliphatic heterocycles. The van der Waals surface area contributed by atoms with Crippen LogP contribution in [0.2, 0.25) is 11.6 Å². The highest BCUT2D eigenvalue weighted by atomic mass is 19.1. The Balaban J connectivity index is 0.000000146. The fourth-order valence-corrected chi connectivity index (χ4v) is 12.5. The average molecular weight is 755 g/mol. The van der Waals surface area contributed by atoms with E-state index in [-0.39, 0.29) is 11.6 Å². The minimum Gasteiger partial charge on any atom is -0.630 e. The van der Waals surface area contributed by atoms with Gasteiger partial charge in [0.25, 0.3) is 0 Å². The van der Waals surface area contributed by atoms with Crippen LogP contribution in [0, 0.1) is 46.3 Å². The molecule has 0 unspecified atom stereocenters. The molecule has 0 radical (unpaired) electrons. The van der Waals surface area contributed by atoms with Crippen LogP contribution in [0.4, 0.5) is 8.63 Å². The van der Waals surface area contributed by atoms with Crippen molar-refractivity contribution in [1.29, 1.82) is 0 Å². The fourth-order valence-electron chi connectivity index (χ4n) is 12.5. The monoisotopic (exact) mass is 754 g/mol. The number of nitrogens with zero attached hydrogens (tertiary/aromatic N) is 2. The molecular weight excluding hydrogens is 696 g/mol. The molecular formula is C48H58B2F2N2O2. The third-order valence-electron chi connectivity index (χ3n) is 16.2. The number of rotatable bonds is 6. The van der Waals surface area contributed by atoms with Crippen LogP contribution in [0.25, 0.3) is 0 Å². The lowest BCUT2D eigenvalue weighted by atomic mass is 9.36. The second-order valence-corrected chi connectivity index (χ2v) is 19.5. The molecule has 0 aromatic heterocycles. The quantitative estimate of drug-likeness (QED) is 0.183. The second-order valence-electron chi connectivity index (χ2n) is 19.5. The van der Waals surface area contributed by atoms with Crippen LogP contribution < -0.4 is 9.31 Å². The first kappa shape index (κ1) is 37.4. The van der Waals surface area contributed by atoms with E-state index in [4.69, 9.17) is 9.31 Å². The van der Waals surface area contributed by atoms with Crippen molar-refractivity contribution in [2.45, 2.75) is 91.9 Å². The minimum atomic E-state index is -2.64. The Morgan fingerprint density at radius 3 is 1.25 bits per heavy atom. The van der Waals surface area contributed by atoms with Gasteiger partial charge in [0.15, 0.2) is 0 Å². The van der Waals surface area contributed by atoms with Crippen LogP contribution in [0.5, 0.6) is 11.5 Å². The van der Waals surface area contributed by atoms with E-state index >= 15 is 8.63 Å². The van der Waals surface area contributed by atoms with E-state index in [0.717, 1.165) is 35.1 Å². The number of fused-ring (bicyclic) bond motifs is 6. The standard InChI is InChI=1S/2C24H29BFNO/c2*1-17-21-13-20(24(21,2)3)14-22(17)25(26)27(15-18-9-5-4-6-10-18)16-19-11-7-8-12-23(19)28-25/h2*4-12,16-17,20-22H,13-15H2,1-3H3/t2*17-,20+,21-,22-,25-/m11/s1. The minimum absolute atomic E-state index is 0.0647. The molecule has 56 heavy (non-hydrogen) atoms. The van der Waals surface area contributed by atoms with E-state index in [0.29, 0.717) is 70.9 Å². The smallest absolute Gasteiger partial charge is 0.630 e. The molecule has 4 nitrogen and oxygen atoms in total. The number of halogens is 2. The molecule has 0 amide bonds. The summed E-state index contributed by atoms with van der Waals surface area (Å²) in [7, 11) is 0. The van der Waals surface area contributed by atoms with Crippen LogP contribution in [0.1, 0.15) is 89.5 Å². The lowest BCUT2D eigenvalue weighted by Crippen LogP contribution is -2.64. The maximum atomic E-state index is 16.9. The van der Waals surface area contributed by atoms with Crippen molar-refractivity contribution in [3.8, 4) is 11.5 Å². The Morgan fingerprint density at radius 2 is 0.893 bits per heavy atom. The summed E-state index contributed by atoms with van der Waals surface area (Å²) in [5.41, 5.74) is 4.82. The van der Waals surface area contributed by atoms with Gasteiger partial charge in [-0.25, -0.2) is 0 Å². The zero-order valence-corrected chi connectivity index (χ0v) is 34.0. The van der Waals surface area contributed by atoms with Gasteiger partial charge < -0.3 is 26.9 Å². The van der Waals surface area contributed by atoms with E-state index in [9.17, 15) is 0 Å². The normalized spacial score (nSPS) is 35.2. The van der Waals surface area contributed by atoms with Gasteiger partial charge in [0.1, 0.15) is 25.5 Å². The molecule has 6 saturated carbocycles. The number of para-hydroxylation sites is 2. The molecule has 0 saturated heterocycles. The van der Waals surface area contributed by atoms with Crippen molar-refractivity contribution < 1.29 is 26.9 Å². The van der Waals surface area contributed by atoms with Crippen molar-refractivity contribution in [2.24, 2.45) is 46.3 Å². The van der Waals surface area contributed by atoms with Gasteiger partial charge in [-0.2, -0.15) is 0 Å². The van der Waals surface area contributed by atoms with Crippen LogP contribution >= 0.6 is 0 Å². The molecule has 4 aromatic rings. The van der Waals surface area contributed by atoms with E-state index in [1.165, 1.54) is 12.8 Å². The van der Waals surface area contributed by atoms with E-state index in [1.807, 2.05) is 106 Å². The van der Waals surface area contributed by atoms with Crippen molar-refractivity contribution >= 4 is 26.0 Å². The van der Waals surface area contributed by atoms with E-state index < -0.39 is 13.5 Å². The number of hydrogen-bond donors (Lipinski definition) is 0. The maximum absolute atomic E-state index is 16.9. The summed E-state index contributed by atoms with van der Waals surface area (Å²) in [5.74, 6) is 4.26. The van der Waals surface area contributed by atoms with Crippen LogP contribution in [-0.4, -0.2) is 34.9 Å². The van der Waals surface area contributed by atoms with Gasteiger partial charge in [-0.3, -0.25) is 0 Å². The molecule has 292 valence electrons. The summed E-state index contributed by atoms with van der Waals surface area (Å²) in [6, 6.07) is 36.0. The summed E-state index contributed by atoms with van der Waals surface area (Å²) in [6.45, 7) is 9.74. The highest BCUT2D eigenvalue weighted by molar-refractivity contribution is 6.62. The summed E-state index contributed by atoms with van der Waals surface area (Å²) in [5, 5.41) is 0. The average Bonchev–Trinajstić information content (AvgIpc) is 3.19. The largest absolute Gasteiger partial charge is 0.632 e. The van der Waals surface area contributed by atoms with Crippen molar-refractivity contribution in [2.75, 3.05) is 0 Å². The van der Waals surface area contributed by atoms with Crippen molar-refractivity contribution in [3.05, 3.63) is 131 Å². The van der Waals surface area contributed by atoms with Crippen molar-refractivity contribution in [1.82, 2.24) is 0 Å². The summed E-state index contributed by atoms with van der Waals surface area (Å²) >= 11 is 0. The molecule has 0 N–H and O–H groups in total. The number of benzene rings is 4. The van der Waals surface area contributed by atoms with Gasteiger partial charge in [0.2, 0.25) is 0 Å². The third kappa shape index (κ3) is 6.07. The Kier molecular flexibility index (Phi) is 9.17. The fraction of sp³-hybridized carbons (Fsp3) is 0.458. The van der Waals surface area contributed by atoms with Gasteiger partial charge in [-0.1, -0.05) is 151 Å². The molecule has 0 spiro atoms. The molecule has 6 aliphatic carbocycles. The highest BCUT2D eigenvalue weighted by Crippen LogP contribution is 2.68. The number of hydrogen-bond acceptors (Lipinski definition) is 2. The Hall–Kier alpha value is -4.19. The Morgan fingerprint density at radius 1 is 0.536 bits per heavy atom. The van der Waals surface area contributed by atoms with Crippen molar-refractivity contribution in [3.63, 3.8) is 0 Å². The topological polar surface area (TPSA) is 24.5 Å². The molecule has 12 rings (SSSR count). The first-order valence-corrected chi connectivity index (χ1v) is 21.3. The lowest BCUT2D eigenvalue weighted by molar-refractivity contribution is -0.445. The molecule has 10 atom stereocenters. The van der Waals surface area contributed by atoms with E-state index in [1.54, 1.807) is 0 Å². The predicted octanol–water partition coefficient (Wildman–Crippen LogP) is 11.4. The Bertz CT molecular complexity index is 2010. The SMILES string of the molecule is C[C@H]1[C@H]([B@-]2(F)Oc3ccccc3C=[N+]2Cc2ccccc2)C[C@@H]2C[C@H]1C2(C)C.C[C@H]1[C@H]([B@-]2(F)Oc3ccccc3C=[N+]2Cc2ccccc2)C[C@@H]2C[C@H]1C2(C)C. The molecule has 8 aliphatic rings. The van der Waals surface area contributed by atoms with Crippen LogP contribution in [0.15, 0.2) is 109 Å². The predicted molar refractivity (Wildman–Crippen MR) is 225 cm³/mol. The third-order valence-corrected chi connectivity index (χ3v) is 16.2. The van der Waals surface area contributed by atoms with Gasteiger partial charge in [0.05, 0.1) is 22.6 Å². The van der Waals surface area contributed by atoms with Gasteiger partial charge >= 0.3 is 13.5 Å². The van der Waals surface area contributed by atoms with Crippen LogP contribution in [0.3, 0.4) is 0 Å². The van der Waals surface area contributed by atoms with Gasteiger partial charge in [0, 0.05) is 11.1 Å². The summed E-state index contributed by atoms with van der Waals surface area (Å²) < 4.78 is 50.1. The van der Waals surface area contributed by atoms with Crippen LogP contribution in [-0.2, 0) is 13.1 Å². The summed E-state index contributed by atoms with van der Waals surface area (Å²) in [4.78, 5) is 0. The molecule has 6 fully saturated rings. The lowest BCUT2D eigenvalue weighted by Gasteiger charge is -2.64. The zero-order valence-electron chi connectivity index (χ0n) is 34.0. The van der Waals surface area contributed by atoms with E-state index in [2.05, 4.69) is 65.8 Å². The first-order valence-electron chi connectivity index (χ1n) is 21.3. The zero-order chi connectivity index (χ0) is 39.0. The van der Waals surface area contributed by atoms with Gasteiger partial charge in [-0.05, 0) is 83.2 Å². The molecule has 4 bridgehead atoms.